The Morgan fingerprint density at radius 2 is 2.12 bits per heavy atom. The van der Waals surface area contributed by atoms with Gasteiger partial charge in [-0.2, -0.15) is 0 Å². The van der Waals surface area contributed by atoms with Crippen LogP contribution in [0, 0.1) is 6.92 Å². The predicted molar refractivity (Wildman–Crippen MR) is 67.0 cm³/mol. The fourth-order valence-corrected chi connectivity index (χ4v) is 1.96. The highest BCUT2D eigenvalue weighted by Crippen LogP contribution is 2.25. The maximum absolute atomic E-state index is 9.04. The number of aromatic nitrogens is 1. The van der Waals surface area contributed by atoms with E-state index in [1.165, 1.54) is 0 Å². The third kappa shape index (κ3) is 3.32. The topological polar surface area (TPSA) is 36.4 Å². The Morgan fingerprint density at radius 3 is 2.62 bits per heavy atom. The lowest BCUT2D eigenvalue weighted by Gasteiger charge is -2.23. The van der Waals surface area contributed by atoms with E-state index in [1.54, 1.807) is 6.07 Å². The minimum atomic E-state index is 0.0634. The molecular weight excluding hydrogens is 247 g/mol. The Morgan fingerprint density at radius 1 is 1.50 bits per heavy atom. The van der Waals surface area contributed by atoms with Crippen LogP contribution < -0.4 is 0 Å². The Balaban J connectivity index is 2.89. The molecule has 0 aliphatic rings. The van der Waals surface area contributed by atoms with E-state index in [-0.39, 0.29) is 12.6 Å². The lowest BCUT2D eigenvalue weighted by molar-refractivity contribution is 0.154. The van der Waals surface area contributed by atoms with Crippen molar-refractivity contribution >= 4 is 23.2 Å². The molecule has 0 saturated carbocycles. The highest BCUT2D eigenvalue weighted by Gasteiger charge is 2.14. The smallest absolute Gasteiger partial charge is 0.135 e. The highest BCUT2D eigenvalue weighted by atomic mass is 35.5. The molecule has 1 atom stereocenters. The van der Waals surface area contributed by atoms with E-state index in [0.29, 0.717) is 16.7 Å². The number of aliphatic hydroxyl groups is 1. The first-order valence-electron chi connectivity index (χ1n) is 5.08. The van der Waals surface area contributed by atoms with Crippen LogP contribution in [0.2, 0.25) is 10.2 Å². The number of aliphatic hydroxyl groups excluding tert-OH is 1. The average Bonchev–Trinajstić information content (AvgIpc) is 2.21. The van der Waals surface area contributed by atoms with E-state index in [0.717, 1.165) is 11.3 Å². The molecule has 1 N–H and O–H groups in total. The molecule has 0 bridgehead atoms. The first-order valence-corrected chi connectivity index (χ1v) is 5.84. The third-order valence-corrected chi connectivity index (χ3v) is 3.22. The summed E-state index contributed by atoms with van der Waals surface area (Å²) in [6, 6.07) is 1.86. The summed E-state index contributed by atoms with van der Waals surface area (Å²) in [5.41, 5.74) is 1.60. The van der Waals surface area contributed by atoms with Gasteiger partial charge in [0, 0.05) is 28.9 Å². The summed E-state index contributed by atoms with van der Waals surface area (Å²) in [6.45, 7) is 4.46. The molecule has 1 unspecified atom stereocenters. The molecule has 0 radical (unpaired) electrons. The van der Waals surface area contributed by atoms with Crippen LogP contribution in [0.1, 0.15) is 18.2 Å². The van der Waals surface area contributed by atoms with Crippen LogP contribution in [0.5, 0.6) is 0 Å². The van der Waals surface area contributed by atoms with Crippen LogP contribution >= 0.6 is 23.2 Å². The molecule has 90 valence electrons. The third-order valence-electron chi connectivity index (χ3n) is 2.57. The van der Waals surface area contributed by atoms with Gasteiger partial charge in [-0.25, -0.2) is 4.98 Å². The lowest BCUT2D eigenvalue weighted by atomic mass is 10.2. The monoisotopic (exact) mass is 262 g/mol. The standard InChI is InChI=1S/C11H16Cl2N2O/c1-7-4-10(12)9(11(13)14-7)5-15(3)8(2)6-16/h4,8,16H,5-6H2,1-3H3. The molecule has 3 nitrogen and oxygen atoms in total. The van der Waals surface area contributed by atoms with Gasteiger partial charge in [0.25, 0.3) is 0 Å². The molecule has 1 aromatic heterocycles. The highest BCUT2D eigenvalue weighted by molar-refractivity contribution is 6.35. The minimum absolute atomic E-state index is 0.0634. The summed E-state index contributed by atoms with van der Waals surface area (Å²) in [7, 11) is 1.91. The van der Waals surface area contributed by atoms with E-state index in [4.69, 9.17) is 28.3 Å². The van der Waals surface area contributed by atoms with Crippen molar-refractivity contribution in [3.8, 4) is 0 Å². The molecule has 0 amide bonds. The van der Waals surface area contributed by atoms with Gasteiger partial charge >= 0.3 is 0 Å². The number of hydrogen-bond acceptors (Lipinski definition) is 3. The van der Waals surface area contributed by atoms with E-state index < -0.39 is 0 Å². The summed E-state index contributed by atoms with van der Waals surface area (Å²) >= 11 is 12.2. The number of likely N-dealkylation sites (N-methyl/N-ethyl adjacent to an activating group) is 1. The number of rotatable bonds is 4. The zero-order valence-corrected chi connectivity index (χ0v) is 11.2. The molecule has 0 fully saturated rings. The van der Waals surface area contributed by atoms with E-state index in [2.05, 4.69) is 4.98 Å². The van der Waals surface area contributed by atoms with Crippen molar-refractivity contribution in [1.29, 1.82) is 0 Å². The fourth-order valence-electron chi connectivity index (χ4n) is 1.31. The van der Waals surface area contributed by atoms with Crippen LogP contribution in [0.25, 0.3) is 0 Å². The van der Waals surface area contributed by atoms with Crippen LogP contribution in [-0.2, 0) is 6.54 Å². The van der Waals surface area contributed by atoms with Crippen LogP contribution in [0.4, 0.5) is 0 Å². The first-order chi connectivity index (χ1) is 7.45. The van der Waals surface area contributed by atoms with Crippen molar-refractivity contribution < 1.29 is 5.11 Å². The van der Waals surface area contributed by atoms with Crippen molar-refractivity contribution in [2.24, 2.45) is 0 Å². The summed E-state index contributed by atoms with van der Waals surface area (Å²) in [4.78, 5) is 6.14. The molecule has 16 heavy (non-hydrogen) atoms. The van der Waals surface area contributed by atoms with Gasteiger partial charge in [0.1, 0.15) is 5.15 Å². The predicted octanol–water partition coefficient (Wildman–Crippen LogP) is 2.51. The minimum Gasteiger partial charge on any atom is -0.395 e. The number of nitrogens with zero attached hydrogens (tertiary/aromatic N) is 2. The first kappa shape index (κ1) is 13.7. The van der Waals surface area contributed by atoms with Crippen molar-refractivity contribution in [3.63, 3.8) is 0 Å². The van der Waals surface area contributed by atoms with Gasteiger partial charge in [0.15, 0.2) is 0 Å². The second kappa shape index (κ2) is 5.82. The Bertz CT molecular complexity index is 348. The van der Waals surface area contributed by atoms with Gasteiger partial charge in [0.2, 0.25) is 0 Å². The normalized spacial score (nSPS) is 13.2. The SMILES string of the molecule is Cc1cc(Cl)c(CN(C)C(C)CO)c(Cl)n1. The van der Waals surface area contributed by atoms with E-state index in [9.17, 15) is 0 Å². The van der Waals surface area contributed by atoms with Gasteiger partial charge in [0.05, 0.1) is 6.61 Å². The van der Waals surface area contributed by atoms with Gasteiger partial charge in [-0.05, 0) is 27.0 Å². The quantitative estimate of drug-likeness (QED) is 0.848. The largest absolute Gasteiger partial charge is 0.395 e. The average molecular weight is 263 g/mol. The van der Waals surface area contributed by atoms with Crippen molar-refractivity contribution in [2.75, 3.05) is 13.7 Å². The number of aryl methyl sites for hydroxylation is 1. The number of pyridine rings is 1. The van der Waals surface area contributed by atoms with Crippen LogP contribution in [0.3, 0.4) is 0 Å². The number of hydrogen-bond donors (Lipinski definition) is 1. The lowest BCUT2D eigenvalue weighted by Crippen LogP contribution is -2.31. The molecular formula is C11H16Cl2N2O. The van der Waals surface area contributed by atoms with Gasteiger partial charge in [-0.1, -0.05) is 23.2 Å². The summed E-state index contributed by atoms with van der Waals surface area (Å²) < 4.78 is 0. The molecule has 5 heteroatoms. The van der Waals surface area contributed by atoms with Crippen LogP contribution in [-0.4, -0.2) is 34.7 Å². The Labute approximate surface area is 106 Å². The van der Waals surface area contributed by atoms with Crippen molar-refractivity contribution in [2.45, 2.75) is 26.4 Å². The maximum atomic E-state index is 9.04. The van der Waals surface area contributed by atoms with Gasteiger partial charge in [-0.15, -0.1) is 0 Å². The summed E-state index contributed by atoms with van der Waals surface area (Å²) in [5.74, 6) is 0. The van der Waals surface area contributed by atoms with Crippen molar-refractivity contribution in [3.05, 3.63) is 27.5 Å². The summed E-state index contributed by atoms with van der Waals surface area (Å²) in [5, 5.41) is 10.1. The Kier molecular flexibility index (Phi) is 4.99. The van der Waals surface area contributed by atoms with E-state index in [1.807, 2.05) is 25.8 Å². The zero-order valence-electron chi connectivity index (χ0n) is 9.67. The fraction of sp³-hybridized carbons (Fsp3) is 0.545. The molecule has 0 aliphatic carbocycles. The summed E-state index contributed by atoms with van der Waals surface area (Å²) in [6.07, 6.45) is 0. The van der Waals surface area contributed by atoms with Gasteiger partial charge < -0.3 is 5.11 Å². The zero-order chi connectivity index (χ0) is 12.3. The molecule has 0 aliphatic heterocycles. The molecule has 0 saturated heterocycles. The van der Waals surface area contributed by atoms with Crippen LogP contribution in [0.15, 0.2) is 6.07 Å². The maximum Gasteiger partial charge on any atom is 0.135 e. The second-order valence-corrected chi connectivity index (χ2v) is 4.73. The van der Waals surface area contributed by atoms with Gasteiger partial charge in [-0.3, -0.25) is 4.90 Å². The number of halogens is 2. The molecule has 0 aromatic carbocycles. The second-order valence-electron chi connectivity index (χ2n) is 3.96. The molecule has 0 spiro atoms. The van der Waals surface area contributed by atoms with E-state index >= 15 is 0 Å². The molecule has 1 heterocycles. The Hall–Kier alpha value is -0.350. The molecule has 1 aromatic rings. The molecule has 1 rings (SSSR count). The van der Waals surface area contributed by atoms with Crippen molar-refractivity contribution in [1.82, 2.24) is 9.88 Å².